The van der Waals surface area contributed by atoms with Gasteiger partial charge >= 0.3 is 0 Å². The van der Waals surface area contributed by atoms with Gasteiger partial charge in [-0.1, -0.05) is 35.5 Å². The topological polar surface area (TPSA) is 72.1 Å². The van der Waals surface area contributed by atoms with Crippen molar-refractivity contribution < 1.29 is 13.7 Å². The molecule has 128 valence electrons. The summed E-state index contributed by atoms with van der Waals surface area (Å²) in [7, 11) is 0. The Morgan fingerprint density at radius 1 is 1.36 bits per heavy atom. The average molecular weight is 358 g/mol. The number of alkyl halides is 1. The van der Waals surface area contributed by atoms with E-state index in [4.69, 9.17) is 4.52 Å². The van der Waals surface area contributed by atoms with Crippen LogP contribution in [-0.4, -0.2) is 39.0 Å². The van der Waals surface area contributed by atoms with E-state index in [0.29, 0.717) is 22.9 Å². The second-order valence-electron chi connectivity index (χ2n) is 6.00. The summed E-state index contributed by atoms with van der Waals surface area (Å²) < 4.78 is 20.5. The number of carbonyl (C=O) groups excluding carboxylic acids is 1. The monoisotopic (exact) mass is 358 g/mol. The molecule has 25 heavy (non-hydrogen) atoms. The van der Waals surface area contributed by atoms with Gasteiger partial charge in [0.25, 0.3) is 11.8 Å². The molecule has 0 aliphatic carbocycles. The highest BCUT2D eigenvalue weighted by Crippen LogP contribution is 2.37. The molecule has 1 amide bonds. The zero-order chi connectivity index (χ0) is 17.4. The van der Waals surface area contributed by atoms with E-state index in [-0.39, 0.29) is 24.8 Å². The van der Waals surface area contributed by atoms with E-state index in [1.807, 2.05) is 30.3 Å². The molecule has 0 N–H and O–H groups in total. The molecular formula is C17H15FN4O2S. The lowest BCUT2D eigenvalue weighted by Gasteiger charge is -2.17. The van der Waals surface area contributed by atoms with Crippen molar-refractivity contribution in [2.75, 3.05) is 13.1 Å². The lowest BCUT2D eigenvalue weighted by Crippen LogP contribution is -2.32. The Labute approximate surface area is 147 Å². The van der Waals surface area contributed by atoms with Crippen molar-refractivity contribution in [3.8, 4) is 11.4 Å². The molecule has 1 aliphatic heterocycles. The zero-order valence-corrected chi connectivity index (χ0v) is 14.3. The Morgan fingerprint density at radius 3 is 2.88 bits per heavy atom. The van der Waals surface area contributed by atoms with Crippen LogP contribution in [0.1, 0.15) is 27.7 Å². The molecule has 1 aliphatic rings. The van der Waals surface area contributed by atoms with Crippen LogP contribution >= 0.6 is 11.3 Å². The Balaban J connectivity index is 1.55. The number of benzene rings is 1. The molecule has 1 aromatic carbocycles. The Bertz CT molecular complexity index is 910. The van der Waals surface area contributed by atoms with Crippen LogP contribution in [0, 0.1) is 6.92 Å². The van der Waals surface area contributed by atoms with Crippen molar-refractivity contribution in [2.45, 2.75) is 19.0 Å². The molecule has 0 radical (unpaired) electrons. The minimum Gasteiger partial charge on any atom is -0.335 e. The van der Waals surface area contributed by atoms with Crippen molar-refractivity contribution in [1.82, 2.24) is 20.0 Å². The highest BCUT2D eigenvalue weighted by atomic mass is 32.1. The Kier molecular flexibility index (Phi) is 3.84. The second-order valence-corrected chi connectivity index (χ2v) is 6.85. The van der Waals surface area contributed by atoms with Gasteiger partial charge in [0.15, 0.2) is 0 Å². The van der Waals surface area contributed by atoms with E-state index >= 15 is 4.39 Å². The van der Waals surface area contributed by atoms with Gasteiger partial charge in [-0.3, -0.25) is 4.79 Å². The predicted octanol–water partition coefficient (Wildman–Crippen LogP) is 3.21. The maximum atomic E-state index is 15.3. The largest absolute Gasteiger partial charge is 0.335 e. The summed E-state index contributed by atoms with van der Waals surface area (Å²) in [6.45, 7) is 1.97. The van der Waals surface area contributed by atoms with Crippen LogP contribution < -0.4 is 0 Å². The minimum absolute atomic E-state index is 0.0809. The summed E-state index contributed by atoms with van der Waals surface area (Å²) in [5.74, 6) is 0.0562. The first-order valence-corrected chi connectivity index (χ1v) is 8.73. The van der Waals surface area contributed by atoms with Gasteiger partial charge in [-0.2, -0.15) is 4.98 Å². The van der Waals surface area contributed by atoms with E-state index in [0.717, 1.165) is 5.56 Å². The maximum Gasteiger partial charge on any atom is 0.266 e. The van der Waals surface area contributed by atoms with Crippen molar-refractivity contribution in [3.63, 3.8) is 0 Å². The van der Waals surface area contributed by atoms with E-state index in [1.165, 1.54) is 16.2 Å². The molecule has 8 heteroatoms. The average Bonchev–Trinajstić information content (AvgIpc) is 3.35. The molecule has 0 spiro atoms. The number of aryl methyl sites for hydroxylation is 1. The van der Waals surface area contributed by atoms with Gasteiger partial charge in [0.1, 0.15) is 4.88 Å². The fourth-order valence-electron chi connectivity index (χ4n) is 2.88. The molecule has 1 fully saturated rings. The van der Waals surface area contributed by atoms with Crippen LogP contribution in [0.5, 0.6) is 0 Å². The van der Waals surface area contributed by atoms with Crippen LogP contribution in [-0.2, 0) is 5.67 Å². The van der Waals surface area contributed by atoms with Crippen LogP contribution in [0.4, 0.5) is 4.39 Å². The summed E-state index contributed by atoms with van der Waals surface area (Å²) in [6.07, 6.45) is 0.132. The fourth-order valence-corrected chi connectivity index (χ4v) is 3.65. The van der Waals surface area contributed by atoms with Gasteiger partial charge in [0.2, 0.25) is 11.5 Å². The van der Waals surface area contributed by atoms with Gasteiger partial charge in [-0.15, -0.1) is 11.3 Å². The van der Waals surface area contributed by atoms with E-state index in [2.05, 4.69) is 15.1 Å². The maximum absolute atomic E-state index is 15.3. The third-order valence-electron chi connectivity index (χ3n) is 4.29. The SMILES string of the molecule is Cc1ncsc1C(=O)N1CCC(F)(c2nc(-c3ccccc3)no2)C1. The highest BCUT2D eigenvalue weighted by Gasteiger charge is 2.47. The molecule has 1 saturated heterocycles. The Hall–Kier alpha value is -2.61. The van der Waals surface area contributed by atoms with Crippen molar-refractivity contribution in [2.24, 2.45) is 0 Å². The minimum atomic E-state index is -1.83. The predicted molar refractivity (Wildman–Crippen MR) is 89.9 cm³/mol. The molecule has 6 nitrogen and oxygen atoms in total. The number of thiazole rings is 1. The van der Waals surface area contributed by atoms with Crippen molar-refractivity contribution >= 4 is 17.2 Å². The number of rotatable bonds is 3. The number of amides is 1. The summed E-state index contributed by atoms with van der Waals surface area (Å²) in [6, 6.07) is 9.24. The van der Waals surface area contributed by atoms with Gasteiger partial charge in [-0.05, 0) is 6.92 Å². The number of halogens is 1. The highest BCUT2D eigenvalue weighted by molar-refractivity contribution is 7.11. The lowest BCUT2D eigenvalue weighted by atomic mass is 10.1. The molecule has 3 aromatic rings. The van der Waals surface area contributed by atoms with Gasteiger partial charge in [-0.25, -0.2) is 9.37 Å². The van der Waals surface area contributed by atoms with Crippen LogP contribution in [0.25, 0.3) is 11.4 Å². The number of aromatic nitrogens is 3. The van der Waals surface area contributed by atoms with Crippen molar-refractivity contribution in [1.29, 1.82) is 0 Å². The molecule has 4 rings (SSSR count). The van der Waals surface area contributed by atoms with Crippen molar-refractivity contribution in [3.05, 3.63) is 52.3 Å². The first kappa shape index (κ1) is 15.9. The molecule has 2 aromatic heterocycles. The summed E-state index contributed by atoms with van der Waals surface area (Å²) in [5, 5.41) is 3.87. The zero-order valence-electron chi connectivity index (χ0n) is 13.5. The fraction of sp³-hybridized carbons (Fsp3) is 0.294. The van der Waals surface area contributed by atoms with E-state index in [9.17, 15) is 4.79 Å². The molecule has 3 heterocycles. The lowest BCUT2D eigenvalue weighted by molar-refractivity contribution is 0.0720. The molecular weight excluding hydrogens is 343 g/mol. The first-order valence-electron chi connectivity index (χ1n) is 7.85. The van der Waals surface area contributed by atoms with Crippen LogP contribution in [0.3, 0.4) is 0 Å². The van der Waals surface area contributed by atoms with E-state index in [1.54, 1.807) is 12.4 Å². The Morgan fingerprint density at radius 2 is 2.16 bits per heavy atom. The number of carbonyl (C=O) groups is 1. The number of hydrogen-bond donors (Lipinski definition) is 0. The summed E-state index contributed by atoms with van der Waals surface area (Å²) in [4.78, 5) is 22.8. The number of likely N-dealkylation sites (tertiary alicyclic amines) is 1. The normalized spacial score (nSPS) is 20.2. The molecule has 0 bridgehead atoms. The number of nitrogens with zero attached hydrogens (tertiary/aromatic N) is 4. The van der Waals surface area contributed by atoms with E-state index < -0.39 is 5.67 Å². The van der Waals surface area contributed by atoms with Gasteiger partial charge < -0.3 is 9.42 Å². The van der Waals surface area contributed by atoms with Gasteiger partial charge in [0, 0.05) is 18.5 Å². The van der Waals surface area contributed by atoms with Crippen LogP contribution in [0.2, 0.25) is 0 Å². The second kappa shape index (κ2) is 6.03. The quantitative estimate of drug-likeness (QED) is 0.719. The standard InChI is InChI=1S/C17H15FN4O2S/c1-11-13(25-10-19-11)15(23)22-8-7-17(18,9-22)16-20-14(21-24-16)12-5-3-2-4-6-12/h2-6,10H,7-9H2,1H3. The first-order chi connectivity index (χ1) is 12.1. The van der Waals surface area contributed by atoms with Crippen LogP contribution in [0.15, 0.2) is 40.4 Å². The molecule has 1 unspecified atom stereocenters. The summed E-state index contributed by atoms with van der Waals surface area (Å²) >= 11 is 1.27. The molecule has 1 atom stereocenters. The van der Waals surface area contributed by atoms with Gasteiger partial charge in [0.05, 0.1) is 17.7 Å². The summed E-state index contributed by atoms with van der Waals surface area (Å²) in [5.41, 5.74) is 1.21. The smallest absolute Gasteiger partial charge is 0.266 e. The third kappa shape index (κ3) is 2.82. The molecule has 0 saturated carbocycles. The number of hydrogen-bond acceptors (Lipinski definition) is 6. The third-order valence-corrected chi connectivity index (χ3v) is 5.20.